The predicted molar refractivity (Wildman–Crippen MR) is 156 cm³/mol. The molecule has 0 aliphatic rings. The first kappa shape index (κ1) is 25.2. The molecule has 0 heterocycles. The van der Waals surface area contributed by atoms with Gasteiger partial charge in [0.15, 0.2) is 0 Å². The van der Waals surface area contributed by atoms with Crippen molar-refractivity contribution in [1.82, 2.24) is 0 Å². The molecule has 1 atom stereocenters. The molecular formula is C31H32NOPS. The molecule has 4 aromatic rings. The Kier molecular flexibility index (Phi) is 7.79. The summed E-state index contributed by atoms with van der Waals surface area (Å²) >= 11 is 0. The first-order valence-electron chi connectivity index (χ1n) is 11.8. The number of nitrogens with zero attached hydrogens (tertiary/aromatic N) is 1. The normalized spacial score (nSPS) is 12.9. The number of benzene rings is 4. The molecule has 0 aliphatic carbocycles. The SMILES string of the molecule is Cc1cccc(/C=N/[S@@](=O)C(C)(C)C)c1-c1c(C)cccc1P(c1ccccc1)c1ccccc1. The lowest BCUT2D eigenvalue weighted by atomic mass is 9.92. The number of rotatable bonds is 6. The third kappa shape index (κ3) is 5.69. The summed E-state index contributed by atoms with van der Waals surface area (Å²) in [5.74, 6) is 0. The first-order chi connectivity index (χ1) is 16.8. The molecule has 0 saturated heterocycles. The van der Waals surface area contributed by atoms with Crippen LogP contribution in [0.5, 0.6) is 0 Å². The summed E-state index contributed by atoms with van der Waals surface area (Å²) in [7, 11) is -2.09. The molecule has 0 unspecified atom stereocenters. The van der Waals surface area contributed by atoms with Crippen LogP contribution in [-0.4, -0.2) is 15.2 Å². The van der Waals surface area contributed by atoms with Gasteiger partial charge in [0.25, 0.3) is 0 Å². The molecule has 0 saturated carbocycles. The third-order valence-electron chi connectivity index (χ3n) is 5.89. The van der Waals surface area contributed by atoms with Crippen molar-refractivity contribution >= 4 is 41.0 Å². The predicted octanol–water partition coefficient (Wildman–Crippen LogP) is 6.61. The van der Waals surface area contributed by atoms with E-state index in [1.54, 1.807) is 6.21 Å². The standard InChI is InChI=1S/C31H32NOPS/c1-23-14-12-16-25(22-32-35(33)31(3,4)5)29(23)30-24(2)15-13-21-28(30)34(26-17-8-6-9-18-26)27-19-10-7-11-20-27/h6-22H,1-5H3/b32-22+/t35-/m0/s1. The zero-order chi connectivity index (χ0) is 25.0. The summed E-state index contributed by atoms with van der Waals surface area (Å²) in [5.41, 5.74) is 5.81. The monoisotopic (exact) mass is 497 g/mol. The maximum absolute atomic E-state index is 12.7. The van der Waals surface area contributed by atoms with Crippen molar-refractivity contribution in [1.29, 1.82) is 0 Å². The van der Waals surface area contributed by atoms with E-state index in [1.165, 1.54) is 32.6 Å². The van der Waals surface area contributed by atoms with Crippen molar-refractivity contribution in [3.05, 3.63) is 114 Å². The van der Waals surface area contributed by atoms with E-state index in [4.69, 9.17) is 0 Å². The lowest BCUT2D eigenvalue weighted by Crippen LogP contribution is -2.23. The Bertz CT molecular complexity index is 1320. The topological polar surface area (TPSA) is 29.4 Å². The van der Waals surface area contributed by atoms with Crippen LogP contribution in [0.15, 0.2) is 101 Å². The molecule has 35 heavy (non-hydrogen) atoms. The van der Waals surface area contributed by atoms with Crippen LogP contribution < -0.4 is 15.9 Å². The van der Waals surface area contributed by atoms with Crippen LogP contribution in [0.25, 0.3) is 11.1 Å². The van der Waals surface area contributed by atoms with Crippen LogP contribution in [0, 0.1) is 13.8 Å². The second-order valence-corrected chi connectivity index (χ2v) is 13.7. The van der Waals surface area contributed by atoms with Gasteiger partial charge in [-0.15, -0.1) is 0 Å². The van der Waals surface area contributed by atoms with E-state index in [1.807, 2.05) is 20.8 Å². The highest BCUT2D eigenvalue weighted by Gasteiger charge is 2.23. The van der Waals surface area contributed by atoms with Gasteiger partial charge in [0.2, 0.25) is 0 Å². The second-order valence-electron chi connectivity index (χ2n) is 9.61. The summed E-state index contributed by atoms with van der Waals surface area (Å²) in [6.45, 7) is 10.2. The van der Waals surface area contributed by atoms with Gasteiger partial charge in [-0.2, -0.15) is 4.40 Å². The van der Waals surface area contributed by atoms with Gasteiger partial charge in [-0.1, -0.05) is 97.1 Å². The minimum Gasteiger partial charge on any atom is -0.234 e. The smallest absolute Gasteiger partial charge is 0.144 e. The Morgan fingerprint density at radius 3 is 1.74 bits per heavy atom. The molecule has 0 aromatic heterocycles. The van der Waals surface area contributed by atoms with Gasteiger partial charge in [0.05, 0.1) is 4.75 Å². The van der Waals surface area contributed by atoms with Gasteiger partial charge in [-0.3, -0.25) is 0 Å². The van der Waals surface area contributed by atoms with Crippen molar-refractivity contribution in [3.8, 4) is 11.1 Å². The fourth-order valence-electron chi connectivity index (χ4n) is 4.15. The molecule has 0 aliphatic heterocycles. The molecule has 178 valence electrons. The summed E-state index contributed by atoms with van der Waals surface area (Å²) in [4.78, 5) is 0. The van der Waals surface area contributed by atoms with Gasteiger partial charge < -0.3 is 0 Å². The molecule has 0 spiro atoms. The van der Waals surface area contributed by atoms with E-state index < -0.39 is 23.7 Å². The highest BCUT2D eigenvalue weighted by atomic mass is 32.2. The van der Waals surface area contributed by atoms with Crippen molar-refractivity contribution in [2.75, 3.05) is 0 Å². The van der Waals surface area contributed by atoms with Crippen molar-refractivity contribution in [2.24, 2.45) is 4.40 Å². The molecule has 4 heteroatoms. The molecule has 0 bridgehead atoms. The molecule has 0 N–H and O–H groups in total. The fourth-order valence-corrected chi connectivity index (χ4v) is 7.21. The molecule has 2 nitrogen and oxygen atoms in total. The third-order valence-corrected chi connectivity index (χ3v) is 9.72. The van der Waals surface area contributed by atoms with Crippen LogP contribution in [0.4, 0.5) is 0 Å². The Morgan fingerprint density at radius 1 is 0.686 bits per heavy atom. The zero-order valence-corrected chi connectivity index (χ0v) is 22.7. The van der Waals surface area contributed by atoms with Gasteiger partial charge >= 0.3 is 0 Å². The van der Waals surface area contributed by atoms with E-state index in [-0.39, 0.29) is 0 Å². The number of hydrogen-bond acceptors (Lipinski definition) is 1. The van der Waals surface area contributed by atoms with Crippen LogP contribution in [0.1, 0.15) is 37.5 Å². The van der Waals surface area contributed by atoms with Crippen LogP contribution in [0.3, 0.4) is 0 Å². The Labute approximate surface area is 213 Å². The average Bonchev–Trinajstić information content (AvgIpc) is 2.84. The molecule has 4 rings (SSSR count). The zero-order valence-electron chi connectivity index (χ0n) is 21.0. The lowest BCUT2D eigenvalue weighted by Gasteiger charge is -2.25. The minimum atomic E-state index is -1.31. The molecule has 0 radical (unpaired) electrons. The molecular weight excluding hydrogens is 465 g/mol. The highest BCUT2D eigenvalue weighted by Crippen LogP contribution is 2.40. The Hall–Kier alpha value is -2.87. The quantitative estimate of drug-likeness (QED) is 0.218. The van der Waals surface area contributed by atoms with Crippen molar-refractivity contribution in [2.45, 2.75) is 39.4 Å². The summed E-state index contributed by atoms with van der Waals surface area (Å²) < 4.78 is 16.8. The fraction of sp³-hybridized carbons (Fsp3) is 0.194. The van der Waals surface area contributed by atoms with E-state index in [0.717, 1.165) is 11.1 Å². The van der Waals surface area contributed by atoms with E-state index >= 15 is 0 Å². The van der Waals surface area contributed by atoms with Crippen LogP contribution in [-0.2, 0) is 11.0 Å². The number of aryl methyl sites for hydroxylation is 2. The number of hydrogen-bond donors (Lipinski definition) is 0. The van der Waals surface area contributed by atoms with Gasteiger partial charge in [0.1, 0.15) is 11.0 Å². The van der Waals surface area contributed by atoms with Gasteiger partial charge in [-0.05, 0) is 80.7 Å². The first-order valence-corrected chi connectivity index (χ1v) is 14.3. The van der Waals surface area contributed by atoms with Crippen molar-refractivity contribution in [3.63, 3.8) is 0 Å². The molecule has 0 amide bonds. The summed E-state index contributed by atoms with van der Waals surface area (Å²) in [5, 5.41) is 3.95. The van der Waals surface area contributed by atoms with E-state index in [9.17, 15) is 4.21 Å². The second kappa shape index (κ2) is 10.8. The maximum Gasteiger partial charge on any atom is 0.144 e. The molecule has 4 aromatic carbocycles. The maximum atomic E-state index is 12.7. The Balaban J connectivity index is 1.96. The van der Waals surface area contributed by atoms with Gasteiger partial charge in [0, 0.05) is 11.8 Å². The van der Waals surface area contributed by atoms with Crippen LogP contribution in [0.2, 0.25) is 0 Å². The summed E-state index contributed by atoms with van der Waals surface area (Å²) in [6.07, 6.45) is 1.80. The Morgan fingerprint density at radius 2 is 1.20 bits per heavy atom. The van der Waals surface area contributed by atoms with Gasteiger partial charge in [-0.25, -0.2) is 4.21 Å². The van der Waals surface area contributed by atoms with E-state index in [0.29, 0.717) is 0 Å². The largest absolute Gasteiger partial charge is 0.234 e. The highest BCUT2D eigenvalue weighted by molar-refractivity contribution is 7.85. The lowest BCUT2D eigenvalue weighted by molar-refractivity contribution is 0.651. The van der Waals surface area contributed by atoms with E-state index in [2.05, 4.69) is 115 Å². The summed E-state index contributed by atoms with van der Waals surface area (Å²) in [6, 6.07) is 34.5. The van der Waals surface area contributed by atoms with Crippen LogP contribution >= 0.6 is 7.92 Å². The minimum absolute atomic E-state index is 0.400. The molecule has 0 fully saturated rings. The average molecular weight is 498 g/mol. The van der Waals surface area contributed by atoms with Crippen molar-refractivity contribution < 1.29 is 4.21 Å².